The Bertz CT molecular complexity index is 1000. The summed E-state index contributed by atoms with van der Waals surface area (Å²) in [7, 11) is 0. The molecule has 1 heterocycles. The molecule has 0 radical (unpaired) electrons. The second kappa shape index (κ2) is 16.1. The molecule has 37 heavy (non-hydrogen) atoms. The molecule has 3 amide bonds. The standard InChI is InChI=1S/C22H38N6O9/c1-6-23-17(29)35-14-11-26-18(30)27(12-15-36-21(33)24(7-2)8-3)20(32)28(19(26)31)13-16-37-22(34)25(9-4)10-5/h6-16H2,1-5H3,(H,23,29). The van der Waals surface area contributed by atoms with Gasteiger partial charge in [0.1, 0.15) is 19.8 Å². The molecule has 0 bridgehead atoms. The lowest BCUT2D eigenvalue weighted by Crippen LogP contribution is -2.55. The molecule has 210 valence electrons. The minimum Gasteiger partial charge on any atom is -0.448 e. The number of alkyl carbamates (subject to hydrolysis) is 1. The van der Waals surface area contributed by atoms with Gasteiger partial charge >= 0.3 is 35.3 Å². The molecule has 0 saturated carbocycles. The summed E-state index contributed by atoms with van der Waals surface area (Å²) in [5, 5.41) is 2.42. The highest BCUT2D eigenvalue weighted by Crippen LogP contribution is 1.95. The van der Waals surface area contributed by atoms with Crippen LogP contribution in [0, 0.1) is 0 Å². The lowest BCUT2D eigenvalue weighted by molar-refractivity contribution is 0.0997. The predicted octanol–water partition coefficient (Wildman–Crippen LogP) is -0.125. The van der Waals surface area contributed by atoms with Crippen molar-refractivity contribution in [2.45, 2.75) is 54.3 Å². The van der Waals surface area contributed by atoms with Crippen molar-refractivity contribution in [2.24, 2.45) is 0 Å². The van der Waals surface area contributed by atoms with E-state index in [1.54, 1.807) is 34.6 Å². The van der Waals surface area contributed by atoms with Gasteiger partial charge < -0.3 is 29.3 Å². The molecule has 1 N–H and O–H groups in total. The summed E-state index contributed by atoms with van der Waals surface area (Å²) in [5.41, 5.74) is -2.86. The van der Waals surface area contributed by atoms with Crippen molar-refractivity contribution in [3.05, 3.63) is 31.5 Å². The monoisotopic (exact) mass is 530 g/mol. The summed E-state index contributed by atoms with van der Waals surface area (Å²) < 4.78 is 17.5. The summed E-state index contributed by atoms with van der Waals surface area (Å²) in [6.45, 7) is 8.95. The molecule has 0 aliphatic heterocycles. The van der Waals surface area contributed by atoms with Crippen molar-refractivity contribution in [3.8, 4) is 0 Å². The number of hydrogen-bond donors (Lipinski definition) is 1. The van der Waals surface area contributed by atoms with E-state index in [1.807, 2.05) is 0 Å². The van der Waals surface area contributed by atoms with Crippen LogP contribution in [0.4, 0.5) is 14.4 Å². The van der Waals surface area contributed by atoms with Crippen molar-refractivity contribution in [2.75, 3.05) is 52.5 Å². The summed E-state index contributed by atoms with van der Waals surface area (Å²) in [6.07, 6.45) is -1.94. The molecule has 15 heteroatoms. The normalized spacial score (nSPS) is 10.5. The van der Waals surface area contributed by atoms with Gasteiger partial charge in [-0.15, -0.1) is 0 Å². The van der Waals surface area contributed by atoms with Gasteiger partial charge in [-0.1, -0.05) is 0 Å². The Morgan fingerprint density at radius 1 is 0.622 bits per heavy atom. The van der Waals surface area contributed by atoms with Gasteiger partial charge in [-0.25, -0.2) is 42.5 Å². The third-order valence-electron chi connectivity index (χ3n) is 5.38. The lowest BCUT2D eigenvalue weighted by Gasteiger charge is -2.19. The van der Waals surface area contributed by atoms with E-state index < -0.39 is 35.3 Å². The van der Waals surface area contributed by atoms with E-state index >= 15 is 0 Å². The first kappa shape index (κ1) is 31.3. The lowest BCUT2D eigenvalue weighted by atomic mass is 10.5. The van der Waals surface area contributed by atoms with Crippen molar-refractivity contribution < 1.29 is 28.6 Å². The number of amides is 3. The first-order valence-corrected chi connectivity index (χ1v) is 12.3. The fraction of sp³-hybridized carbons (Fsp3) is 0.727. The minimum absolute atomic E-state index is 0.297. The van der Waals surface area contributed by atoms with Crippen molar-refractivity contribution in [1.29, 1.82) is 0 Å². The third-order valence-corrected chi connectivity index (χ3v) is 5.38. The summed E-state index contributed by atoms with van der Waals surface area (Å²) in [4.78, 5) is 77.5. The molecule has 0 fully saturated rings. The van der Waals surface area contributed by atoms with E-state index in [0.717, 1.165) is 13.7 Å². The van der Waals surface area contributed by atoms with E-state index in [1.165, 1.54) is 9.80 Å². The van der Waals surface area contributed by atoms with E-state index in [0.29, 0.717) is 32.7 Å². The number of rotatable bonds is 14. The Morgan fingerprint density at radius 2 is 0.946 bits per heavy atom. The van der Waals surface area contributed by atoms with E-state index in [2.05, 4.69) is 5.32 Å². The maximum Gasteiger partial charge on any atom is 0.409 e. The molecular weight excluding hydrogens is 492 g/mol. The highest BCUT2D eigenvalue weighted by molar-refractivity contribution is 5.68. The van der Waals surface area contributed by atoms with Crippen LogP contribution in [0.25, 0.3) is 0 Å². The number of nitrogens with one attached hydrogen (secondary N) is 1. The molecule has 15 nitrogen and oxygen atoms in total. The topological polar surface area (TPSA) is 163 Å². The number of hydrogen-bond acceptors (Lipinski definition) is 9. The fourth-order valence-corrected chi connectivity index (χ4v) is 3.28. The third kappa shape index (κ3) is 8.99. The summed E-state index contributed by atoms with van der Waals surface area (Å²) in [5.74, 6) is 0. The molecule has 0 aliphatic carbocycles. The molecule has 0 aliphatic rings. The molecule has 0 atom stereocenters. The SMILES string of the molecule is CCNC(=O)OCCn1c(=O)n(CCOC(=O)N(CC)CC)c(=O)n(CCOC(=O)N(CC)CC)c1=O. The van der Waals surface area contributed by atoms with Crippen LogP contribution in [0.3, 0.4) is 0 Å². The Labute approximate surface area is 214 Å². The number of carbonyl (C=O) groups excluding carboxylic acids is 3. The van der Waals surface area contributed by atoms with Crippen LogP contribution < -0.4 is 22.4 Å². The highest BCUT2D eigenvalue weighted by atomic mass is 16.6. The number of ether oxygens (including phenoxy) is 3. The van der Waals surface area contributed by atoms with E-state index in [9.17, 15) is 28.8 Å². The van der Waals surface area contributed by atoms with Gasteiger partial charge in [0.15, 0.2) is 0 Å². The first-order chi connectivity index (χ1) is 17.7. The Hall–Kier alpha value is -3.78. The van der Waals surface area contributed by atoms with Gasteiger partial charge in [0, 0.05) is 32.7 Å². The zero-order valence-corrected chi connectivity index (χ0v) is 22.2. The second-order valence-corrected chi connectivity index (χ2v) is 7.54. The zero-order valence-electron chi connectivity index (χ0n) is 22.2. The minimum atomic E-state index is -0.954. The molecule has 0 aromatic carbocycles. The van der Waals surface area contributed by atoms with Gasteiger partial charge in [0.25, 0.3) is 0 Å². The average molecular weight is 531 g/mol. The largest absolute Gasteiger partial charge is 0.448 e. The number of carbonyl (C=O) groups is 3. The fourth-order valence-electron chi connectivity index (χ4n) is 3.28. The van der Waals surface area contributed by atoms with Crippen molar-refractivity contribution >= 4 is 18.3 Å². The second-order valence-electron chi connectivity index (χ2n) is 7.54. The van der Waals surface area contributed by atoms with Crippen LogP contribution in [-0.2, 0) is 33.8 Å². The van der Waals surface area contributed by atoms with Crippen LogP contribution in [0.2, 0.25) is 0 Å². The van der Waals surface area contributed by atoms with E-state index in [-0.39, 0.29) is 39.5 Å². The van der Waals surface area contributed by atoms with Crippen LogP contribution in [0.15, 0.2) is 14.4 Å². The van der Waals surface area contributed by atoms with E-state index in [4.69, 9.17) is 14.2 Å². The number of aromatic nitrogens is 3. The van der Waals surface area contributed by atoms with Gasteiger partial charge in [-0.3, -0.25) is 0 Å². The van der Waals surface area contributed by atoms with Crippen LogP contribution in [0.1, 0.15) is 34.6 Å². The van der Waals surface area contributed by atoms with Crippen LogP contribution >= 0.6 is 0 Å². The molecule has 0 spiro atoms. The molecule has 1 aromatic heterocycles. The van der Waals surface area contributed by atoms with Crippen LogP contribution in [-0.4, -0.2) is 94.3 Å². The highest BCUT2D eigenvalue weighted by Gasteiger charge is 2.18. The number of nitrogens with zero attached hydrogens (tertiary/aromatic N) is 5. The predicted molar refractivity (Wildman–Crippen MR) is 133 cm³/mol. The van der Waals surface area contributed by atoms with Gasteiger partial charge in [-0.2, -0.15) is 0 Å². The Balaban J connectivity index is 3.19. The summed E-state index contributed by atoms with van der Waals surface area (Å²) in [6, 6.07) is 0. The van der Waals surface area contributed by atoms with Crippen molar-refractivity contribution in [3.63, 3.8) is 0 Å². The molecule has 1 aromatic rings. The Kier molecular flexibility index (Phi) is 13.6. The first-order valence-electron chi connectivity index (χ1n) is 12.3. The molecule has 0 saturated heterocycles. The quantitative estimate of drug-likeness (QED) is 0.323. The molecule has 1 rings (SSSR count). The Morgan fingerprint density at radius 3 is 1.24 bits per heavy atom. The van der Waals surface area contributed by atoms with Gasteiger partial charge in [0.05, 0.1) is 19.6 Å². The maximum atomic E-state index is 13.0. The van der Waals surface area contributed by atoms with Gasteiger partial charge in [0.2, 0.25) is 0 Å². The van der Waals surface area contributed by atoms with Crippen LogP contribution in [0.5, 0.6) is 0 Å². The molecular formula is C22H38N6O9. The van der Waals surface area contributed by atoms with Gasteiger partial charge in [-0.05, 0) is 34.6 Å². The zero-order chi connectivity index (χ0) is 28.0. The smallest absolute Gasteiger partial charge is 0.409 e. The van der Waals surface area contributed by atoms with Crippen molar-refractivity contribution in [1.82, 2.24) is 28.8 Å². The summed E-state index contributed by atoms with van der Waals surface area (Å²) >= 11 is 0. The molecule has 0 unspecified atom stereocenters. The maximum absolute atomic E-state index is 13.0. The average Bonchev–Trinajstić information content (AvgIpc) is 2.87.